The third kappa shape index (κ3) is 4.85. The number of hydrogen-bond acceptors (Lipinski definition) is 3. The molecule has 0 heterocycles. The number of anilines is 1. The van der Waals surface area contributed by atoms with Crippen LogP contribution in [0, 0.1) is 13.8 Å². The van der Waals surface area contributed by atoms with Crippen molar-refractivity contribution in [3.8, 4) is 0 Å². The highest BCUT2D eigenvalue weighted by Crippen LogP contribution is 2.25. The Morgan fingerprint density at radius 1 is 1.00 bits per heavy atom. The summed E-state index contributed by atoms with van der Waals surface area (Å²) < 4.78 is 27.5. The van der Waals surface area contributed by atoms with Gasteiger partial charge in [-0.2, -0.15) is 0 Å². The Labute approximate surface area is 156 Å². The minimum Gasteiger partial charge on any atom is -0.350 e. The average molecular weight is 375 g/mol. The molecule has 0 aliphatic rings. The van der Waals surface area contributed by atoms with Crippen molar-refractivity contribution in [3.05, 3.63) is 59.7 Å². The van der Waals surface area contributed by atoms with Crippen LogP contribution in [0.3, 0.4) is 0 Å². The highest BCUT2D eigenvalue weighted by molar-refractivity contribution is 7.92. The molecule has 0 aromatic heterocycles. The van der Waals surface area contributed by atoms with Crippen molar-refractivity contribution >= 4 is 21.6 Å². The van der Waals surface area contributed by atoms with E-state index in [4.69, 9.17) is 0 Å². The number of amides is 1. The topological polar surface area (TPSA) is 66.5 Å². The first kappa shape index (κ1) is 20.0. The molecule has 0 fully saturated rings. The van der Waals surface area contributed by atoms with Crippen molar-refractivity contribution in [3.63, 3.8) is 0 Å². The lowest BCUT2D eigenvalue weighted by molar-refractivity contribution is -0.121. The highest BCUT2D eigenvalue weighted by atomic mass is 32.2. The van der Waals surface area contributed by atoms with Gasteiger partial charge in [0.15, 0.2) is 0 Å². The van der Waals surface area contributed by atoms with Crippen molar-refractivity contribution in [1.82, 2.24) is 5.32 Å². The maximum atomic E-state index is 13.2. The predicted molar refractivity (Wildman–Crippen MR) is 105 cm³/mol. The molecule has 1 amide bonds. The van der Waals surface area contributed by atoms with Crippen molar-refractivity contribution in [1.29, 1.82) is 0 Å². The number of sulfonamides is 1. The van der Waals surface area contributed by atoms with Crippen LogP contribution in [0.1, 0.15) is 31.9 Å². The molecule has 0 aliphatic carbocycles. The third-order valence-electron chi connectivity index (χ3n) is 3.91. The molecule has 0 radical (unpaired) electrons. The SMILES string of the molecule is Cc1ccc(N(CC(=O)NC(C)(C)C)S(=O)(=O)c2ccccc2)cc1C. The molecule has 2 aromatic carbocycles. The van der Waals surface area contributed by atoms with Crippen LogP contribution in [0.5, 0.6) is 0 Å². The second-order valence-corrected chi connectivity index (χ2v) is 9.25. The number of hydrogen-bond donors (Lipinski definition) is 1. The van der Waals surface area contributed by atoms with Gasteiger partial charge in [0.2, 0.25) is 5.91 Å². The highest BCUT2D eigenvalue weighted by Gasteiger charge is 2.28. The summed E-state index contributed by atoms with van der Waals surface area (Å²) in [7, 11) is -3.86. The monoisotopic (exact) mass is 374 g/mol. The van der Waals surface area contributed by atoms with Crippen LogP contribution in [0.25, 0.3) is 0 Å². The van der Waals surface area contributed by atoms with Gasteiger partial charge >= 0.3 is 0 Å². The number of carbonyl (C=O) groups excluding carboxylic acids is 1. The Hall–Kier alpha value is -2.34. The lowest BCUT2D eigenvalue weighted by Crippen LogP contribution is -2.47. The second-order valence-electron chi connectivity index (χ2n) is 7.39. The van der Waals surface area contributed by atoms with Crippen molar-refractivity contribution in [2.24, 2.45) is 0 Å². The number of aryl methyl sites for hydroxylation is 2. The van der Waals surface area contributed by atoms with Crippen molar-refractivity contribution in [2.75, 3.05) is 10.8 Å². The molecule has 0 unspecified atom stereocenters. The van der Waals surface area contributed by atoms with Gasteiger partial charge in [-0.05, 0) is 70.0 Å². The summed E-state index contributed by atoms with van der Waals surface area (Å²) in [4.78, 5) is 12.6. The lowest BCUT2D eigenvalue weighted by atomic mass is 10.1. The first-order valence-electron chi connectivity index (χ1n) is 8.47. The van der Waals surface area contributed by atoms with Gasteiger partial charge < -0.3 is 5.32 Å². The zero-order chi connectivity index (χ0) is 19.5. The normalized spacial score (nSPS) is 11.9. The number of nitrogens with one attached hydrogen (secondary N) is 1. The van der Waals surface area contributed by atoms with Gasteiger partial charge in [-0.3, -0.25) is 9.10 Å². The Morgan fingerprint density at radius 3 is 2.15 bits per heavy atom. The number of carbonyl (C=O) groups is 1. The van der Waals surface area contributed by atoms with E-state index in [2.05, 4.69) is 5.32 Å². The molecule has 0 atom stereocenters. The van der Waals surface area contributed by atoms with E-state index in [1.54, 1.807) is 30.3 Å². The molecular formula is C20H26N2O3S. The molecule has 0 saturated heterocycles. The van der Waals surface area contributed by atoms with Crippen LogP contribution < -0.4 is 9.62 Å². The van der Waals surface area contributed by atoms with E-state index in [1.807, 2.05) is 40.7 Å². The molecule has 1 N–H and O–H groups in total. The van der Waals surface area contributed by atoms with Gasteiger partial charge in [0.25, 0.3) is 10.0 Å². The van der Waals surface area contributed by atoms with Crippen LogP contribution in [0.4, 0.5) is 5.69 Å². The van der Waals surface area contributed by atoms with E-state index in [-0.39, 0.29) is 17.3 Å². The lowest BCUT2D eigenvalue weighted by Gasteiger charge is -2.27. The number of nitrogens with zero attached hydrogens (tertiary/aromatic N) is 1. The minimum absolute atomic E-state index is 0.154. The van der Waals surface area contributed by atoms with E-state index in [9.17, 15) is 13.2 Å². The average Bonchev–Trinajstić information content (AvgIpc) is 2.54. The van der Waals surface area contributed by atoms with Crippen LogP contribution >= 0.6 is 0 Å². The summed E-state index contributed by atoms with van der Waals surface area (Å²) in [6.45, 7) is 9.17. The summed E-state index contributed by atoms with van der Waals surface area (Å²) in [5.41, 5.74) is 2.06. The minimum atomic E-state index is -3.86. The van der Waals surface area contributed by atoms with E-state index < -0.39 is 15.6 Å². The smallest absolute Gasteiger partial charge is 0.264 e. The Kier molecular flexibility index (Phi) is 5.76. The van der Waals surface area contributed by atoms with Crippen LogP contribution in [0.15, 0.2) is 53.4 Å². The van der Waals surface area contributed by atoms with E-state index in [1.165, 1.54) is 12.1 Å². The first-order valence-corrected chi connectivity index (χ1v) is 9.91. The molecule has 5 nitrogen and oxygen atoms in total. The Balaban J connectivity index is 2.48. The zero-order valence-corrected chi connectivity index (χ0v) is 16.7. The molecule has 0 saturated carbocycles. The number of rotatable bonds is 5. The van der Waals surface area contributed by atoms with Gasteiger partial charge in [0.05, 0.1) is 10.6 Å². The quantitative estimate of drug-likeness (QED) is 0.872. The van der Waals surface area contributed by atoms with Crippen molar-refractivity contribution < 1.29 is 13.2 Å². The van der Waals surface area contributed by atoms with Gasteiger partial charge in [-0.15, -0.1) is 0 Å². The molecule has 6 heteroatoms. The van der Waals surface area contributed by atoms with Gasteiger partial charge in [0, 0.05) is 5.54 Å². The maximum absolute atomic E-state index is 13.2. The molecule has 2 rings (SSSR count). The Morgan fingerprint density at radius 2 is 1.62 bits per heavy atom. The van der Waals surface area contributed by atoms with E-state index in [0.717, 1.165) is 15.4 Å². The largest absolute Gasteiger partial charge is 0.350 e. The molecule has 0 aliphatic heterocycles. The Bertz CT molecular complexity index is 885. The summed E-state index contributed by atoms with van der Waals surface area (Å²) in [5.74, 6) is -0.352. The van der Waals surface area contributed by atoms with Crippen molar-refractivity contribution in [2.45, 2.75) is 45.1 Å². The molecule has 0 spiro atoms. The molecular weight excluding hydrogens is 348 g/mol. The molecule has 140 valence electrons. The first-order chi connectivity index (χ1) is 12.0. The fraction of sp³-hybridized carbons (Fsp3) is 0.350. The molecule has 2 aromatic rings. The second kappa shape index (κ2) is 7.50. The van der Waals surface area contributed by atoms with Gasteiger partial charge in [-0.25, -0.2) is 8.42 Å². The van der Waals surface area contributed by atoms with E-state index >= 15 is 0 Å². The number of benzene rings is 2. The van der Waals surface area contributed by atoms with Crippen LogP contribution in [-0.4, -0.2) is 26.4 Å². The third-order valence-corrected chi connectivity index (χ3v) is 5.70. The van der Waals surface area contributed by atoms with Gasteiger partial charge in [-0.1, -0.05) is 24.3 Å². The van der Waals surface area contributed by atoms with Crippen LogP contribution in [-0.2, 0) is 14.8 Å². The van der Waals surface area contributed by atoms with E-state index in [0.29, 0.717) is 5.69 Å². The maximum Gasteiger partial charge on any atom is 0.264 e. The fourth-order valence-electron chi connectivity index (χ4n) is 2.50. The molecule has 26 heavy (non-hydrogen) atoms. The zero-order valence-electron chi connectivity index (χ0n) is 15.9. The summed E-state index contributed by atoms with van der Waals surface area (Å²) in [6.07, 6.45) is 0. The summed E-state index contributed by atoms with van der Waals surface area (Å²) in [5, 5.41) is 2.82. The predicted octanol–water partition coefficient (Wildman–Crippen LogP) is 3.41. The fourth-order valence-corrected chi connectivity index (χ4v) is 3.94. The summed E-state index contributed by atoms with van der Waals surface area (Å²) >= 11 is 0. The standard InChI is InChI=1S/C20H26N2O3S/c1-15-11-12-17(13-16(15)2)22(14-19(23)21-20(3,4)5)26(24,25)18-9-7-6-8-10-18/h6-13H,14H2,1-5H3,(H,21,23). The van der Waals surface area contributed by atoms with Crippen LogP contribution in [0.2, 0.25) is 0 Å². The summed E-state index contributed by atoms with van der Waals surface area (Å²) in [6, 6.07) is 13.5. The molecule has 0 bridgehead atoms. The van der Waals surface area contributed by atoms with Gasteiger partial charge in [0.1, 0.15) is 6.54 Å².